The minimum absolute atomic E-state index is 0.258. The largest absolute Gasteiger partial charge is 0.388 e. The first-order valence-electron chi connectivity index (χ1n) is 5.33. The van der Waals surface area contributed by atoms with Crippen LogP contribution in [0, 0.1) is 5.82 Å². The molecular weight excluding hydrogens is 283 g/mol. The molecule has 0 saturated carbocycles. The Balaban J connectivity index is 2.08. The minimum atomic E-state index is -0.562. The molecule has 0 radical (unpaired) electrons. The van der Waals surface area contributed by atoms with Crippen LogP contribution in [0.4, 0.5) is 4.39 Å². The summed E-state index contributed by atoms with van der Waals surface area (Å²) in [6.07, 6.45) is -0.0735. The van der Waals surface area contributed by atoms with Crippen LogP contribution in [0.1, 0.15) is 17.2 Å². The van der Waals surface area contributed by atoms with Crippen LogP contribution in [0.25, 0.3) is 0 Å². The average molecular weight is 295 g/mol. The normalized spacial score (nSPS) is 12.4. The van der Waals surface area contributed by atoms with E-state index in [4.69, 9.17) is 0 Å². The van der Waals surface area contributed by atoms with Crippen LogP contribution in [-0.2, 0) is 6.42 Å². The lowest BCUT2D eigenvalue weighted by molar-refractivity contribution is 0.178. The second-order valence-corrected chi connectivity index (χ2v) is 4.81. The monoisotopic (exact) mass is 294 g/mol. The van der Waals surface area contributed by atoms with Gasteiger partial charge in [0.25, 0.3) is 0 Å². The van der Waals surface area contributed by atoms with Crippen molar-refractivity contribution < 1.29 is 9.50 Å². The Kier molecular flexibility index (Phi) is 3.92. The zero-order valence-electron chi connectivity index (χ0n) is 9.11. The fourth-order valence-electron chi connectivity index (χ4n) is 1.65. The molecule has 0 bridgehead atoms. The van der Waals surface area contributed by atoms with Crippen LogP contribution in [-0.4, -0.2) is 5.11 Å². The van der Waals surface area contributed by atoms with E-state index >= 15 is 0 Å². The number of aliphatic hydroxyl groups is 1. The first-order chi connectivity index (χ1) is 8.15. The molecule has 1 atom stereocenters. The summed E-state index contributed by atoms with van der Waals surface area (Å²) in [5, 5.41) is 10.0. The molecule has 0 aromatic heterocycles. The highest BCUT2D eigenvalue weighted by molar-refractivity contribution is 9.10. The zero-order valence-corrected chi connectivity index (χ0v) is 10.7. The van der Waals surface area contributed by atoms with Gasteiger partial charge in [0.1, 0.15) is 5.82 Å². The molecule has 1 N–H and O–H groups in total. The summed E-state index contributed by atoms with van der Waals surface area (Å²) in [5.41, 5.74) is 1.78. The quantitative estimate of drug-likeness (QED) is 0.911. The summed E-state index contributed by atoms with van der Waals surface area (Å²) in [4.78, 5) is 0. The van der Waals surface area contributed by atoms with Crippen molar-refractivity contribution in [1.29, 1.82) is 0 Å². The van der Waals surface area contributed by atoms with Gasteiger partial charge in [0.2, 0.25) is 0 Å². The lowest BCUT2D eigenvalue weighted by Gasteiger charge is -2.11. The standard InChI is InChI=1S/C14H12BrFO/c15-12-5-3-11(4-6-12)14(17)9-10-1-7-13(16)8-2-10/h1-8,14,17H,9H2. The summed E-state index contributed by atoms with van der Waals surface area (Å²) in [6.45, 7) is 0. The van der Waals surface area contributed by atoms with Crippen molar-refractivity contribution in [1.82, 2.24) is 0 Å². The third kappa shape index (κ3) is 3.38. The van der Waals surface area contributed by atoms with Gasteiger partial charge >= 0.3 is 0 Å². The molecule has 0 amide bonds. The van der Waals surface area contributed by atoms with Gasteiger partial charge in [-0.1, -0.05) is 40.2 Å². The average Bonchev–Trinajstić information content (AvgIpc) is 2.33. The Hall–Kier alpha value is -1.19. The number of hydrogen-bond acceptors (Lipinski definition) is 1. The molecule has 2 aromatic rings. The van der Waals surface area contributed by atoms with Crippen molar-refractivity contribution in [3.8, 4) is 0 Å². The van der Waals surface area contributed by atoms with Crippen molar-refractivity contribution in [2.45, 2.75) is 12.5 Å². The lowest BCUT2D eigenvalue weighted by Crippen LogP contribution is -2.01. The molecule has 88 valence electrons. The van der Waals surface area contributed by atoms with Gasteiger partial charge in [-0.2, -0.15) is 0 Å². The smallest absolute Gasteiger partial charge is 0.123 e. The third-order valence-corrected chi connectivity index (χ3v) is 3.13. The number of benzene rings is 2. The first kappa shape index (κ1) is 12.3. The van der Waals surface area contributed by atoms with Gasteiger partial charge in [-0.05, 0) is 35.4 Å². The molecule has 1 nitrogen and oxygen atoms in total. The third-order valence-electron chi connectivity index (χ3n) is 2.60. The molecule has 0 spiro atoms. The van der Waals surface area contributed by atoms with Crippen LogP contribution >= 0.6 is 15.9 Å². The maximum absolute atomic E-state index is 12.7. The number of halogens is 2. The number of rotatable bonds is 3. The molecule has 0 heterocycles. The van der Waals surface area contributed by atoms with Gasteiger partial charge in [-0.25, -0.2) is 4.39 Å². The van der Waals surface area contributed by atoms with E-state index in [2.05, 4.69) is 15.9 Å². The number of hydrogen-bond donors (Lipinski definition) is 1. The summed E-state index contributed by atoms with van der Waals surface area (Å²) in [7, 11) is 0. The Morgan fingerprint density at radius 3 is 2.18 bits per heavy atom. The highest BCUT2D eigenvalue weighted by Crippen LogP contribution is 2.20. The van der Waals surface area contributed by atoms with Gasteiger partial charge in [-0.3, -0.25) is 0 Å². The van der Waals surface area contributed by atoms with E-state index in [0.717, 1.165) is 15.6 Å². The molecule has 2 aromatic carbocycles. The van der Waals surface area contributed by atoms with Gasteiger partial charge in [0.05, 0.1) is 6.10 Å². The number of aliphatic hydroxyl groups excluding tert-OH is 1. The molecule has 1 unspecified atom stereocenters. The molecule has 0 aliphatic heterocycles. The topological polar surface area (TPSA) is 20.2 Å². The minimum Gasteiger partial charge on any atom is -0.388 e. The van der Waals surface area contributed by atoms with Crippen LogP contribution in [0.3, 0.4) is 0 Å². The van der Waals surface area contributed by atoms with Crippen LogP contribution in [0.5, 0.6) is 0 Å². The Labute approximate surface area is 108 Å². The maximum atomic E-state index is 12.7. The fourth-order valence-corrected chi connectivity index (χ4v) is 1.91. The maximum Gasteiger partial charge on any atom is 0.123 e. The highest BCUT2D eigenvalue weighted by Gasteiger charge is 2.08. The van der Waals surface area contributed by atoms with Gasteiger partial charge in [0, 0.05) is 10.9 Å². The van der Waals surface area contributed by atoms with Crippen molar-refractivity contribution in [3.05, 3.63) is 69.9 Å². The van der Waals surface area contributed by atoms with E-state index in [1.807, 2.05) is 24.3 Å². The molecule has 2 rings (SSSR count). The van der Waals surface area contributed by atoms with Gasteiger partial charge < -0.3 is 5.11 Å². The van der Waals surface area contributed by atoms with E-state index < -0.39 is 6.10 Å². The fraction of sp³-hybridized carbons (Fsp3) is 0.143. The van der Waals surface area contributed by atoms with Crippen LogP contribution in [0.2, 0.25) is 0 Å². The second kappa shape index (κ2) is 5.43. The van der Waals surface area contributed by atoms with Crippen molar-refractivity contribution in [2.24, 2.45) is 0 Å². The van der Waals surface area contributed by atoms with E-state index in [1.54, 1.807) is 12.1 Å². The van der Waals surface area contributed by atoms with Crippen molar-refractivity contribution in [3.63, 3.8) is 0 Å². The van der Waals surface area contributed by atoms with Crippen LogP contribution < -0.4 is 0 Å². The zero-order chi connectivity index (χ0) is 12.3. The van der Waals surface area contributed by atoms with Crippen molar-refractivity contribution >= 4 is 15.9 Å². The highest BCUT2D eigenvalue weighted by atomic mass is 79.9. The van der Waals surface area contributed by atoms with E-state index in [1.165, 1.54) is 12.1 Å². The SMILES string of the molecule is OC(Cc1ccc(F)cc1)c1ccc(Br)cc1. The second-order valence-electron chi connectivity index (χ2n) is 3.90. The predicted molar refractivity (Wildman–Crippen MR) is 69.2 cm³/mol. The molecule has 0 saturated heterocycles. The van der Waals surface area contributed by atoms with E-state index in [9.17, 15) is 9.50 Å². The molecule has 3 heteroatoms. The van der Waals surface area contributed by atoms with Gasteiger partial charge in [-0.15, -0.1) is 0 Å². The summed E-state index contributed by atoms with van der Waals surface area (Å²) >= 11 is 3.35. The summed E-state index contributed by atoms with van der Waals surface area (Å²) in [5.74, 6) is -0.258. The molecule has 0 aliphatic rings. The molecule has 0 aliphatic carbocycles. The Bertz CT molecular complexity index is 479. The Morgan fingerprint density at radius 2 is 1.59 bits per heavy atom. The van der Waals surface area contributed by atoms with Gasteiger partial charge in [0.15, 0.2) is 0 Å². The van der Waals surface area contributed by atoms with Crippen molar-refractivity contribution in [2.75, 3.05) is 0 Å². The Morgan fingerprint density at radius 1 is 1.00 bits per heavy atom. The van der Waals surface area contributed by atoms with E-state index in [0.29, 0.717) is 6.42 Å². The molecule has 17 heavy (non-hydrogen) atoms. The van der Waals surface area contributed by atoms with Crippen LogP contribution in [0.15, 0.2) is 53.0 Å². The van der Waals surface area contributed by atoms with E-state index in [-0.39, 0.29) is 5.82 Å². The summed E-state index contributed by atoms with van der Waals surface area (Å²) in [6, 6.07) is 13.7. The summed E-state index contributed by atoms with van der Waals surface area (Å²) < 4.78 is 13.7. The molecule has 0 fully saturated rings. The first-order valence-corrected chi connectivity index (χ1v) is 6.12. The predicted octanol–water partition coefficient (Wildman–Crippen LogP) is 3.86. The molecular formula is C14H12BrFO. The lowest BCUT2D eigenvalue weighted by atomic mass is 10.0.